The van der Waals surface area contributed by atoms with Crippen LogP contribution in [0.5, 0.6) is 5.75 Å². The topological polar surface area (TPSA) is 61.7 Å². The van der Waals surface area contributed by atoms with Crippen LogP contribution in [0.4, 0.5) is 0 Å². The number of hydrogen-bond acceptors (Lipinski definition) is 3. The second kappa shape index (κ2) is 7.62. The Balaban J connectivity index is 1.96. The van der Waals surface area contributed by atoms with Crippen LogP contribution in [0.3, 0.4) is 0 Å². The van der Waals surface area contributed by atoms with Gasteiger partial charge in [0.1, 0.15) is 5.75 Å². The van der Waals surface area contributed by atoms with E-state index in [1.165, 1.54) is 24.5 Å². The second-order valence-electron chi connectivity index (χ2n) is 5.24. The largest absolute Gasteiger partial charge is 0.507 e. The normalized spacial score (nSPS) is 16.0. The van der Waals surface area contributed by atoms with Gasteiger partial charge >= 0.3 is 0 Å². The summed E-state index contributed by atoms with van der Waals surface area (Å²) >= 11 is 0. The van der Waals surface area contributed by atoms with Crippen LogP contribution in [0.2, 0.25) is 0 Å². The molecule has 112 valence electrons. The zero-order chi connectivity index (χ0) is 15.1. The summed E-state index contributed by atoms with van der Waals surface area (Å²) in [6.07, 6.45) is 8.68. The van der Waals surface area contributed by atoms with Gasteiger partial charge in [-0.3, -0.25) is 4.79 Å². The summed E-state index contributed by atoms with van der Waals surface area (Å²) in [5.74, 6) is -0.402. The Kier molecular flexibility index (Phi) is 5.55. The van der Waals surface area contributed by atoms with Gasteiger partial charge in [-0.05, 0) is 43.4 Å². The standard InChI is InChI=1S/C17H22N2O2/c1-2-3-4-8-13-9-7-11-15(13)18-19-17(21)14-10-5-6-12-16(14)20/h5-6,9-10,12,20H,2-4,7-8,11H2,1H3,(H,19,21)/b18-15-. The molecule has 1 aliphatic rings. The van der Waals surface area contributed by atoms with E-state index in [2.05, 4.69) is 23.5 Å². The Labute approximate surface area is 125 Å². The number of phenols is 1. The lowest BCUT2D eigenvalue weighted by atomic mass is 10.1. The molecule has 0 unspecified atom stereocenters. The molecule has 0 saturated carbocycles. The van der Waals surface area contributed by atoms with E-state index in [0.29, 0.717) is 0 Å². The SMILES string of the molecule is CCCCCC1=CCC/C1=N/NC(=O)c1ccccc1O. The minimum Gasteiger partial charge on any atom is -0.507 e. The fourth-order valence-electron chi connectivity index (χ4n) is 2.45. The first kappa shape index (κ1) is 15.3. The predicted octanol–water partition coefficient (Wildman–Crippen LogP) is 3.78. The fraction of sp³-hybridized carbons (Fsp3) is 0.412. The van der Waals surface area contributed by atoms with Crippen molar-refractivity contribution in [2.24, 2.45) is 5.10 Å². The molecule has 0 fully saturated rings. The lowest BCUT2D eigenvalue weighted by Gasteiger charge is -2.06. The third-order valence-corrected chi connectivity index (χ3v) is 3.63. The molecule has 0 aromatic heterocycles. The molecule has 1 amide bonds. The lowest BCUT2D eigenvalue weighted by Crippen LogP contribution is -2.19. The summed E-state index contributed by atoms with van der Waals surface area (Å²) in [7, 11) is 0. The number of carbonyl (C=O) groups is 1. The number of para-hydroxylation sites is 1. The van der Waals surface area contributed by atoms with Crippen LogP contribution < -0.4 is 5.43 Å². The first-order chi connectivity index (χ1) is 10.2. The molecule has 2 rings (SSSR count). The van der Waals surface area contributed by atoms with Crippen LogP contribution in [0.15, 0.2) is 41.0 Å². The van der Waals surface area contributed by atoms with Crippen molar-refractivity contribution in [1.29, 1.82) is 0 Å². The predicted molar refractivity (Wildman–Crippen MR) is 84.5 cm³/mol. The highest BCUT2D eigenvalue weighted by Gasteiger charge is 2.14. The third-order valence-electron chi connectivity index (χ3n) is 3.63. The molecule has 21 heavy (non-hydrogen) atoms. The Hall–Kier alpha value is -2.10. The molecule has 1 aromatic carbocycles. The van der Waals surface area contributed by atoms with Crippen molar-refractivity contribution >= 4 is 11.6 Å². The van der Waals surface area contributed by atoms with E-state index in [1.54, 1.807) is 18.2 Å². The summed E-state index contributed by atoms with van der Waals surface area (Å²) in [5, 5.41) is 13.9. The van der Waals surface area contributed by atoms with Crippen LogP contribution in [0, 0.1) is 0 Å². The van der Waals surface area contributed by atoms with Gasteiger partial charge in [0.25, 0.3) is 5.91 Å². The second-order valence-corrected chi connectivity index (χ2v) is 5.24. The zero-order valence-corrected chi connectivity index (χ0v) is 12.4. The van der Waals surface area contributed by atoms with E-state index >= 15 is 0 Å². The maximum Gasteiger partial charge on any atom is 0.275 e. The van der Waals surface area contributed by atoms with Gasteiger partial charge in [0.2, 0.25) is 0 Å². The van der Waals surface area contributed by atoms with Crippen molar-refractivity contribution in [2.45, 2.75) is 45.4 Å². The van der Waals surface area contributed by atoms with Gasteiger partial charge in [-0.2, -0.15) is 5.10 Å². The van der Waals surface area contributed by atoms with Gasteiger partial charge in [0.05, 0.1) is 11.3 Å². The average molecular weight is 286 g/mol. The van der Waals surface area contributed by atoms with Crippen LogP contribution in [0.1, 0.15) is 55.8 Å². The zero-order valence-electron chi connectivity index (χ0n) is 12.4. The molecule has 0 atom stereocenters. The number of phenolic OH excluding ortho intramolecular Hbond substituents is 1. The number of rotatable bonds is 6. The number of aromatic hydroxyl groups is 1. The van der Waals surface area contributed by atoms with Crippen molar-refractivity contribution in [3.05, 3.63) is 41.5 Å². The number of amides is 1. The number of allylic oxidation sites excluding steroid dienone is 2. The monoisotopic (exact) mass is 286 g/mol. The van der Waals surface area contributed by atoms with Crippen LogP contribution >= 0.6 is 0 Å². The molecule has 0 radical (unpaired) electrons. The Bertz CT molecular complexity index is 562. The summed E-state index contributed by atoms with van der Waals surface area (Å²) < 4.78 is 0. The van der Waals surface area contributed by atoms with Crippen molar-refractivity contribution in [1.82, 2.24) is 5.43 Å². The number of unbranched alkanes of at least 4 members (excludes halogenated alkanes) is 2. The lowest BCUT2D eigenvalue weighted by molar-refractivity contribution is 0.0952. The van der Waals surface area contributed by atoms with Gasteiger partial charge in [-0.1, -0.05) is 38.0 Å². The highest BCUT2D eigenvalue weighted by atomic mass is 16.3. The number of nitrogens with zero attached hydrogens (tertiary/aromatic N) is 1. The molecule has 2 N–H and O–H groups in total. The van der Waals surface area contributed by atoms with E-state index in [1.807, 2.05) is 0 Å². The first-order valence-corrected chi connectivity index (χ1v) is 7.56. The average Bonchev–Trinajstić information content (AvgIpc) is 2.93. The van der Waals surface area contributed by atoms with Gasteiger partial charge in [0.15, 0.2) is 0 Å². The molecule has 4 nitrogen and oxygen atoms in total. The van der Waals surface area contributed by atoms with Gasteiger partial charge in [-0.15, -0.1) is 0 Å². The Morgan fingerprint density at radius 3 is 2.90 bits per heavy atom. The minimum atomic E-state index is -0.375. The maximum atomic E-state index is 12.0. The van der Waals surface area contributed by atoms with Crippen LogP contribution in [-0.2, 0) is 0 Å². The molecule has 0 bridgehead atoms. The van der Waals surface area contributed by atoms with Gasteiger partial charge in [0, 0.05) is 0 Å². The molecule has 0 saturated heterocycles. The van der Waals surface area contributed by atoms with Crippen LogP contribution in [-0.4, -0.2) is 16.7 Å². The first-order valence-electron chi connectivity index (χ1n) is 7.56. The number of benzene rings is 1. The molecule has 0 spiro atoms. The highest BCUT2D eigenvalue weighted by molar-refractivity contribution is 6.03. The fourth-order valence-corrected chi connectivity index (χ4v) is 2.45. The molecule has 0 heterocycles. The molecular weight excluding hydrogens is 264 g/mol. The summed E-state index contributed by atoms with van der Waals surface area (Å²) in [5.41, 5.74) is 5.02. The number of hydrogen-bond donors (Lipinski definition) is 2. The van der Waals surface area contributed by atoms with E-state index in [4.69, 9.17) is 0 Å². The molecule has 1 aromatic rings. The number of nitrogens with one attached hydrogen (secondary N) is 1. The molecule has 0 aliphatic heterocycles. The summed E-state index contributed by atoms with van der Waals surface area (Å²) in [6.45, 7) is 2.19. The smallest absolute Gasteiger partial charge is 0.275 e. The molecule has 4 heteroatoms. The number of carbonyl (C=O) groups excluding carboxylic acids is 1. The van der Waals surface area contributed by atoms with Gasteiger partial charge < -0.3 is 5.11 Å². The van der Waals surface area contributed by atoms with Crippen molar-refractivity contribution in [3.8, 4) is 5.75 Å². The Morgan fingerprint density at radius 2 is 2.14 bits per heavy atom. The molecular formula is C17H22N2O2. The van der Waals surface area contributed by atoms with Gasteiger partial charge in [-0.25, -0.2) is 5.43 Å². The van der Waals surface area contributed by atoms with Crippen molar-refractivity contribution in [3.63, 3.8) is 0 Å². The van der Waals surface area contributed by atoms with Crippen LogP contribution in [0.25, 0.3) is 0 Å². The van der Waals surface area contributed by atoms with Crippen molar-refractivity contribution < 1.29 is 9.90 Å². The van der Waals surface area contributed by atoms with E-state index < -0.39 is 0 Å². The minimum absolute atomic E-state index is 0.0275. The Morgan fingerprint density at radius 1 is 1.33 bits per heavy atom. The quantitative estimate of drug-likeness (QED) is 0.617. The van der Waals surface area contributed by atoms with E-state index in [9.17, 15) is 9.90 Å². The number of hydrazone groups is 1. The summed E-state index contributed by atoms with van der Waals surface area (Å²) in [4.78, 5) is 12.0. The maximum absolute atomic E-state index is 12.0. The highest BCUT2D eigenvalue weighted by Crippen LogP contribution is 2.21. The molecule has 1 aliphatic carbocycles. The van der Waals surface area contributed by atoms with Crippen molar-refractivity contribution in [2.75, 3.05) is 0 Å². The van der Waals surface area contributed by atoms with E-state index in [0.717, 1.165) is 31.4 Å². The van der Waals surface area contributed by atoms with E-state index in [-0.39, 0.29) is 17.2 Å². The summed E-state index contributed by atoms with van der Waals surface area (Å²) in [6, 6.07) is 6.47. The third kappa shape index (κ3) is 4.18.